The molecule has 0 amide bonds. The molecule has 7 heteroatoms. The largest absolute Gasteiger partial charge is 1.00 e. The van der Waals surface area contributed by atoms with Crippen molar-refractivity contribution >= 4 is 0 Å². The minimum atomic E-state index is -5.14. The Morgan fingerprint density at radius 3 is 0.900 bits per heavy atom. The topological polar surface area (TPSA) is 0 Å². The SMILES string of the molecule is FC(F)(F)CC(F)(F)F.[F-]. The summed E-state index contributed by atoms with van der Waals surface area (Å²) >= 11 is 0. The Labute approximate surface area is 51.2 Å². The van der Waals surface area contributed by atoms with E-state index in [0.29, 0.717) is 0 Å². The van der Waals surface area contributed by atoms with Gasteiger partial charge in [0.2, 0.25) is 0 Å². The van der Waals surface area contributed by atoms with Gasteiger partial charge in [0, 0.05) is 0 Å². The molecule has 10 heavy (non-hydrogen) atoms. The minimum absolute atomic E-state index is 0. The summed E-state index contributed by atoms with van der Waals surface area (Å²) in [6.07, 6.45) is -13.0. The van der Waals surface area contributed by atoms with E-state index in [2.05, 4.69) is 0 Å². The zero-order valence-corrected chi connectivity index (χ0v) is 4.35. The fraction of sp³-hybridized carbons (Fsp3) is 1.00. The fourth-order valence-electron chi connectivity index (χ4n) is 0.227. The lowest BCUT2D eigenvalue weighted by atomic mass is 10.4. The summed E-state index contributed by atoms with van der Waals surface area (Å²) in [7, 11) is 0. The van der Waals surface area contributed by atoms with Crippen molar-refractivity contribution in [1.82, 2.24) is 0 Å². The molecule has 0 rings (SSSR count). The summed E-state index contributed by atoms with van der Waals surface area (Å²) in [6, 6.07) is 0. The van der Waals surface area contributed by atoms with E-state index in [9.17, 15) is 26.3 Å². The molecule has 0 aromatic heterocycles. The quantitative estimate of drug-likeness (QED) is 0.431. The molecule has 0 aromatic rings. The number of hydrogen-bond acceptors (Lipinski definition) is 0. The summed E-state index contributed by atoms with van der Waals surface area (Å²) < 4.78 is 65.0. The van der Waals surface area contributed by atoms with Gasteiger partial charge in [-0.25, -0.2) is 0 Å². The van der Waals surface area contributed by atoms with Gasteiger partial charge in [-0.05, 0) is 0 Å². The van der Waals surface area contributed by atoms with E-state index in [4.69, 9.17) is 0 Å². The van der Waals surface area contributed by atoms with Crippen molar-refractivity contribution in [2.45, 2.75) is 18.8 Å². The van der Waals surface area contributed by atoms with Gasteiger partial charge in [-0.3, -0.25) is 0 Å². The normalized spacial score (nSPS) is 12.6. The highest BCUT2D eigenvalue weighted by atomic mass is 19.4. The summed E-state index contributed by atoms with van der Waals surface area (Å²) in [5, 5.41) is 0. The van der Waals surface area contributed by atoms with E-state index < -0.39 is 18.8 Å². The number of alkyl halides is 6. The molecule has 0 heterocycles. The van der Waals surface area contributed by atoms with Gasteiger partial charge in [-0.15, -0.1) is 0 Å². The van der Waals surface area contributed by atoms with Crippen LogP contribution < -0.4 is 4.70 Å². The van der Waals surface area contributed by atoms with Gasteiger partial charge in [-0.2, -0.15) is 26.3 Å². The van der Waals surface area contributed by atoms with Crippen LogP contribution in [0.2, 0.25) is 0 Å². The van der Waals surface area contributed by atoms with Crippen LogP contribution >= 0.6 is 0 Å². The van der Waals surface area contributed by atoms with Crippen LogP contribution in [0.1, 0.15) is 6.42 Å². The highest BCUT2D eigenvalue weighted by molar-refractivity contribution is 4.57. The van der Waals surface area contributed by atoms with Crippen LogP contribution in [0.15, 0.2) is 0 Å². The Hall–Kier alpha value is -0.490. The molecule has 0 bridgehead atoms. The van der Waals surface area contributed by atoms with Crippen molar-refractivity contribution in [2.75, 3.05) is 0 Å². The van der Waals surface area contributed by atoms with Gasteiger partial charge in [0.05, 0.1) is 0 Å². The molecule has 0 aromatic carbocycles. The third kappa shape index (κ3) is 10.5. The zero-order chi connectivity index (χ0) is 7.71. The maximum atomic E-state index is 10.8. The molecule has 0 N–H and O–H groups in total. The third-order valence-corrected chi connectivity index (χ3v) is 0.401. The number of hydrogen-bond donors (Lipinski definition) is 0. The van der Waals surface area contributed by atoms with E-state index in [1.54, 1.807) is 0 Å². The zero-order valence-electron chi connectivity index (χ0n) is 4.35. The lowest BCUT2D eigenvalue weighted by Crippen LogP contribution is -3.00. The summed E-state index contributed by atoms with van der Waals surface area (Å²) in [6.45, 7) is 0. The lowest BCUT2D eigenvalue weighted by molar-refractivity contribution is -0.232. The van der Waals surface area contributed by atoms with Crippen molar-refractivity contribution in [3.63, 3.8) is 0 Å². The summed E-state index contributed by atoms with van der Waals surface area (Å²) in [5.41, 5.74) is 0. The van der Waals surface area contributed by atoms with Crippen LogP contribution in [-0.4, -0.2) is 12.4 Å². The summed E-state index contributed by atoms with van der Waals surface area (Å²) in [5.74, 6) is 0. The van der Waals surface area contributed by atoms with Gasteiger partial charge in [0.15, 0.2) is 0 Å². The fourth-order valence-corrected chi connectivity index (χ4v) is 0.227. The van der Waals surface area contributed by atoms with Crippen LogP contribution in [0.3, 0.4) is 0 Å². The predicted octanol–water partition coefficient (Wildman–Crippen LogP) is -0.495. The molecule has 0 nitrogen and oxygen atoms in total. The van der Waals surface area contributed by atoms with E-state index in [-0.39, 0.29) is 4.70 Å². The van der Waals surface area contributed by atoms with Gasteiger partial charge in [-0.1, -0.05) is 0 Å². The monoisotopic (exact) mass is 171 g/mol. The smallest absolute Gasteiger partial charge is 0.397 e. The van der Waals surface area contributed by atoms with Crippen molar-refractivity contribution in [3.05, 3.63) is 0 Å². The molecular formula is C3H2F7-. The first-order chi connectivity index (χ1) is 3.71. The summed E-state index contributed by atoms with van der Waals surface area (Å²) in [4.78, 5) is 0. The Bertz CT molecular complexity index is 74.0. The highest BCUT2D eigenvalue weighted by Gasteiger charge is 2.43. The van der Waals surface area contributed by atoms with E-state index in [1.165, 1.54) is 0 Å². The molecule has 0 spiro atoms. The minimum Gasteiger partial charge on any atom is -1.00 e. The third-order valence-electron chi connectivity index (χ3n) is 0.401. The van der Waals surface area contributed by atoms with Crippen LogP contribution in [0.4, 0.5) is 26.3 Å². The van der Waals surface area contributed by atoms with Gasteiger partial charge >= 0.3 is 12.4 Å². The maximum Gasteiger partial charge on any atom is 0.397 e. The molecule has 0 radical (unpaired) electrons. The number of halogens is 7. The number of rotatable bonds is 0. The molecule has 0 unspecified atom stereocenters. The first kappa shape index (κ1) is 12.2. The molecule has 0 saturated carbocycles. The first-order valence-electron chi connectivity index (χ1n) is 1.84. The molecule has 0 aliphatic heterocycles. The second kappa shape index (κ2) is 3.07. The van der Waals surface area contributed by atoms with Gasteiger partial charge < -0.3 is 4.70 Å². The highest BCUT2D eigenvalue weighted by Crippen LogP contribution is 2.31. The van der Waals surface area contributed by atoms with Crippen molar-refractivity contribution in [2.24, 2.45) is 0 Å². The Kier molecular flexibility index (Phi) is 3.75. The second-order valence-electron chi connectivity index (χ2n) is 1.41. The Balaban J connectivity index is 0. The molecule has 0 fully saturated rings. The molecule has 64 valence electrons. The molecule has 0 atom stereocenters. The second-order valence-corrected chi connectivity index (χ2v) is 1.41. The standard InChI is InChI=1S/C3H2F6.FH/c4-2(5,6)1-3(7,8)9;/h1H2;1H/p-1. The molecule has 0 aliphatic rings. The van der Waals surface area contributed by atoms with Gasteiger partial charge in [0.25, 0.3) is 0 Å². The van der Waals surface area contributed by atoms with Crippen molar-refractivity contribution in [1.29, 1.82) is 0 Å². The maximum absolute atomic E-state index is 10.8. The van der Waals surface area contributed by atoms with E-state index >= 15 is 0 Å². The lowest BCUT2D eigenvalue weighted by Gasteiger charge is -2.08. The molecule has 0 aliphatic carbocycles. The molecule has 0 saturated heterocycles. The first-order valence-corrected chi connectivity index (χ1v) is 1.84. The average molecular weight is 171 g/mol. The molecular weight excluding hydrogens is 169 g/mol. The predicted molar refractivity (Wildman–Crippen MR) is 16.7 cm³/mol. The van der Waals surface area contributed by atoms with E-state index in [1.807, 2.05) is 0 Å². The van der Waals surface area contributed by atoms with Crippen LogP contribution in [0.25, 0.3) is 0 Å². The Morgan fingerprint density at radius 2 is 0.900 bits per heavy atom. The average Bonchev–Trinajstić information content (AvgIpc) is 1.14. The van der Waals surface area contributed by atoms with Crippen molar-refractivity contribution in [3.8, 4) is 0 Å². The van der Waals surface area contributed by atoms with Crippen molar-refractivity contribution < 1.29 is 31.0 Å². The Morgan fingerprint density at radius 1 is 0.700 bits per heavy atom. The van der Waals surface area contributed by atoms with Crippen LogP contribution in [-0.2, 0) is 0 Å². The van der Waals surface area contributed by atoms with E-state index in [0.717, 1.165) is 0 Å². The van der Waals surface area contributed by atoms with Gasteiger partial charge in [0.1, 0.15) is 6.42 Å². The van der Waals surface area contributed by atoms with Crippen LogP contribution in [0.5, 0.6) is 0 Å². The van der Waals surface area contributed by atoms with Crippen LogP contribution in [0, 0.1) is 0 Å².